The van der Waals surface area contributed by atoms with Crippen LogP contribution in [-0.2, 0) is 30.4 Å². The van der Waals surface area contributed by atoms with Gasteiger partial charge < -0.3 is 13.8 Å². The first-order valence-corrected chi connectivity index (χ1v) is 15.7. The fourth-order valence-corrected chi connectivity index (χ4v) is 12.4. The van der Waals surface area contributed by atoms with Gasteiger partial charge in [0.25, 0.3) is 0 Å². The van der Waals surface area contributed by atoms with Gasteiger partial charge in [0.2, 0.25) is 5.69 Å². The smallest absolute Gasteiger partial charge is 0.316 e. The largest absolute Gasteiger partial charge is 0.468 e. The second kappa shape index (κ2) is 7.45. The molecule has 0 spiro atoms. The number of fused-ring (bicyclic) bond motifs is 4. The molecule has 4 saturated carbocycles. The van der Waals surface area contributed by atoms with Crippen molar-refractivity contribution in [2.45, 2.75) is 92.3 Å². The van der Waals surface area contributed by atoms with Crippen molar-refractivity contribution in [1.82, 2.24) is 0 Å². The first-order chi connectivity index (χ1) is 13.8. The van der Waals surface area contributed by atoms with Gasteiger partial charge >= 0.3 is 5.97 Å². The monoisotopic (exact) mass is 474 g/mol. The Hall–Kier alpha value is 0.390. The lowest BCUT2D eigenvalue weighted by atomic mass is 9.70. The van der Waals surface area contributed by atoms with E-state index in [0.29, 0.717) is 11.8 Å². The van der Waals surface area contributed by atoms with Gasteiger partial charge in [0.15, 0.2) is 0 Å². The van der Waals surface area contributed by atoms with E-state index in [4.69, 9.17) is 25.6 Å². The highest BCUT2D eigenvalue weighted by Crippen LogP contribution is 2.74. The summed E-state index contributed by atoms with van der Waals surface area (Å²) in [5.74, 6) is 1.28. The minimum absolute atomic E-state index is 0.0780. The van der Waals surface area contributed by atoms with Gasteiger partial charge in [-0.25, -0.2) is 0 Å². The van der Waals surface area contributed by atoms with Gasteiger partial charge in [0.05, 0.1) is 19.3 Å². The quantitative estimate of drug-likeness (QED) is 0.307. The molecule has 0 aromatic rings. The van der Waals surface area contributed by atoms with Crippen LogP contribution in [0.5, 0.6) is 0 Å². The molecule has 4 fully saturated rings. The van der Waals surface area contributed by atoms with Crippen LogP contribution < -0.4 is 0 Å². The van der Waals surface area contributed by atoms with Crippen LogP contribution in [0.2, 0.25) is 0 Å². The fourth-order valence-electron chi connectivity index (χ4n) is 7.57. The highest BCUT2D eigenvalue weighted by molar-refractivity contribution is 8.68. The molecule has 30 heavy (non-hydrogen) atoms. The zero-order valence-corrected chi connectivity index (χ0v) is 22.2. The number of methoxy groups -OCH3 is 1. The zero-order chi connectivity index (χ0) is 22.2. The molecule has 0 amide bonds. The number of carbonyl (C=O) groups excluding carboxylic acids is 1. The molecule has 0 saturated heterocycles. The molecule has 0 heterocycles. The Bertz CT molecular complexity index is 709. The molecule has 172 valence electrons. The third-order valence-electron chi connectivity index (χ3n) is 9.31. The van der Waals surface area contributed by atoms with Gasteiger partial charge in [-0.2, -0.15) is 0 Å². The lowest BCUT2D eigenvalue weighted by molar-refractivity contribution is -0.137. The standard InChI is InChI=1S/C23H39O4PS2/c1-20(2)15-8-10-22(5,12-15)18(20)26-28(29,30-14-17(24)25-7)27-19-21(3,4)16-9-11-23(19,6)13-16/h15-16,18-19H,8-14H2,1-7H3. The van der Waals surface area contributed by atoms with E-state index in [1.165, 1.54) is 57.0 Å². The van der Waals surface area contributed by atoms with Crippen LogP contribution in [-0.4, -0.2) is 31.0 Å². The molecule has 4 aliphatic rings. The normalized spacial score (nSPS) is 44.9. The summed E-state index contributed by atoms with van der Waals surface area (Å²) in [6.45, 7) is 14.1. The van der Waals surface area contributed by atoms with E-state index in [1.807, 2.05) is 0 Å². The number of hydrogen-bond donors (Lipinski definition) is 0. The molecule has 6 atom stereocenters. The molecular weight excluding hydrogens is 435 g/mol. The van der Waals surface area contributed by atoms with E-state index in [1.54, 1.807) is 0 Å². The van der Waals surface area contributed by atoms with Crippen molar-refractivity contribution in [2.24, 2.45) is 33.5 Å². The molecule has 0 N–H and O–H groups in total. The van der Waals surface area contributed by atoms with Gasteiger partial charge in [-0.05, 0) is 83.8 Å². The molecule has 6 unspecified atom stereocenters. The van der Waals surface area contributed by atoms with Crippen molar-refractivity contribution >= 4 is 34.9 Å². The van der Waals surface area contributed by atoms with Crippen molar-refractivity contribution in [3.63, 3.8) is 0 Å². The minimum Gasteiger partial charge on any atom is -0.468 e. The summed E-state index contributed by atoms with van der Waals surface area (Å²) in [4.78, 5) is 12.0. The van der Waals surface area contributed by atoms with Crippen LogP contribution in [0, 0.1) is 33.5 Å². The van der Waals surface area contributed by atoms with Crippen LogP contribution in [0.1, 0.15) is 80.1 Å². The number of hydrogen-bond acceptors (Lipinski definition) is 6. The van der Waals surface area contributed by atoms with Gasteiger partial charge in [0.1, 0.15) is 5.75 Å². The highest BCUT2D eigenvalue weighted by Gasteiger charge is 2.64. The van der Waals surface area contributed by atoms with E-state index in [0.717, 1.165) is 0 Å². The van der Waals surface area contributed by atoms with Crippen LogP contribution in [0.3, 0.4) is 0 Å². The second-order valence-electron chi connectivity index (χ2n) is 12.1. The number of rotatable bonds is 7. The molecule has 4 aliphatic carbocycles. The number of esters is 1. The Morgan fingerprint density at radius 3 is 1.70 bits per heavy atom. The minimum atomic E-state index is -2.74. The maximum atomic E-state index is 12.0. The average Bonchev–Trinajstić information content (AvgIpc) is 3.34. The summed E-state index contributed by atoms with van der Waals surface area (Å²) in [5.41, 5.74) is -2.26. The summed E-state index contributed by atoms with van der Waals surface area (Å²) in [6.07, 6.45) is 7.50. The van der Waals surface area contributed by atoms with E-state index < -0.39 is 5.69 Å². The summed E-state index contributed by atoms with van der Waals surface area (Å²) in [6, 6.07) is 0. The second-order valence-corrected chi connectivity index (χ2v) is 18.3. The Labute approximate surface area is 191 Å². The van der Waals surface area contributed by atoms with E-state index in [9.17, 15) is 4.79 Å². The maximum Gasteiger partial charge on any atom is 0.316 e. The summed E-state index contributed by atoms with van der Waals surface area (Å²) in [5, 5.41) is 0. The van der Waals surface area contributed by atoms with Gasteiger partial charge in [-0.3, -0.25) is 4.79 Å². The van der Waals surface area contributed by atoms with Gasteiger partial charge in [0, 0.05) is 0 Å². The molecular formula is C23H39O4PS2. The summed E-state index contributed by atoms with van der Waals surface area (Å²) < 4.78 is 18.7. The highest BCUT2D eigenvalue weighted by atomic mass is 32.9. The molecule has 7 heteroatoms. The van der Waals surface area contributed by atoms with Crippen molar-refractivity contribution < 1.29 is 18.6 Å². The Morgan fingerprint density at radius 2 is 1.37 bits per heavy atom. The lowest BCUT2D eigenvalue weighted by Gasteiger charge is -2.47. The lowest BCUT2D eigenvalue weighted by Crippen LogP contribution is -2.44. The van der Waals surface area contributed by atoms with E-state index in [-0.39, 0.29) is 45.6 Å². The maximum absolute atomic E-state index is 12.0. The summed E-state index contributed by atoms with van der Waals surface area (Å²) >= 11 is 7.59. The summed E-state index contributed by atoms with van der Waals surface area (Å²) in [7, 11) is 1.42. The number of ether oxygens (including phenoxy) is 1. The zero-order valence-electron chi connectivity index (χ0n) is 19.7. The van der Waals surface area contributed by atoms with Gasteiger partial charge in [-0.15, -0.1) is 0 Å². The SMILES string of the molecule is COC(=O)CSP(=S)(OC1C2(C)CCC(C2)C1(C)C)OC1C2(C)CCC(C2)C1(C)C. The number of carbonyl (C=O) groups is 1. The fraction of sp³-hybridized carbons (Fsp3) is 0.957. The Kier molecular flexibility index (Phi) is 5.85. The third-order valence-corrected chi connectivity index (χ3v) is 14.2. The Balaban J connectivity index is 1.61. The van der Waals surface area contributed by atoms with Crippen LogP contribution in [0.4, 0.5) is 0 Å². The first kappa shape index (κ1) is 23.5. The molecule has 4 bridgehead atoms. The average molecular weight is 475 g/mol. The van der Waals surface area contributed by atoms with E-state index >= 15 is 0 Å². The van der Waals surface area contributed by atoms with Crippen molar-refractivity contribution in [1.29, 1.82) is 0 Å². The van der Waals surface area contributed by atoms with E-state index in [2.05, 4.69) is 41.5 Å². The molecule has 0 aromatic heterocycles. The predicted octanol–water partition coefficient (Wildman–Crippen LogP) is 6.58. The molecule has 0 aromatic carbocycles. The Morgan fingerprint density at radius 1 is 0.933 bits per heavy atom. The molecule has 4 nitrogen and oxygen atoms in total. The molecule has 4 rings (SSSR count). The third kappa shape index (κ3) is 3.65. The van der Waals surface area contributed by atoms with Crippen LogP contribution >= 0.6 is 17.1 Å². The molecule has 0 aliphatic heterocycles. The molecule has 0 radical (unpaired) electrons. The van der Waals surface area contributed by atoms with Gasteiger partial charge in [-0.1, -0.05) is 52.9 Å². The van der Waals surface area contributed by atoms with Crippen molar-refractivity contribution in [3.8, 4) is 0 Å². The van der Waals surface area contributed by atoms with Crippen LogP contribution in [0.15, 0.2) is 0 Å². The van der Waals surface area contributed by atoms with Crippen LogP contribution in [0.25, 0.3) is 0 Å². The predicted molar refractivity (Wildman–Crippen MR) is 127 cm³/mol. The van der Waals surface area contributed by atoms with Crippen molar-refractivity contribution in [2.75, 3.05) is 12.9 Å². The topological polar surface area (TPSA) is 44.8 Å². The van der Waals surface area contributed by atoms with Crippen molar-refractivity contribution in [3.05, 3.63) is 0 Å². The first-order valence-electron chi connectivity index (χ1n) is 11.4.